The lowest BCUT2D eigenvalue weighted by Gasteiger charge is -2.32. The molecule has 0 spiro atoms. The van der Waals surface area contributed by atoms with Crippen molar-refractivity contribution in [3.63, 3.8) is 0 Å². The molecule has 1 saturated carbocycles. The fourth-order valence-corrected chi connectivity index (χ4v) is 2.56. The summed E-state index contributed by atoms with van der Waals surface area (Å²) in [7, 11) is 0. The number of nitrogens with one attached hydrogen (secondary N) is 1. The Labute approximate surface area is 113 Å². The number of nitrogens with two attached hydrogens (primary N) is 1. The topological polar surface area (TPSA) is 93.2 Å². The van der Waals surface area contributed by atoms with Gasteiger partial charge in [0.15, 0.2) is 5.82 Å². The molecule has 105 valence electrons. The van der Waals surface area contributed by atoms with E-state index in [-0.39, 0.29) is 5.82 Å². The van der Waals surface area contributed by atoms with E-state index in [1.807, 2.05) is 0 Å². The second-order valence-electron chi connectivity index (χ2n) is 5.21. The minimum absolute atomic E-state index is 0.221. The van der Waals surface area contributed by atoms with Gasteiger partial charge in [0, 0.05) is 25.8 Å². The van der Waals surface area contributed by atoms with Crippen molar-refractivity contribution in [1.82, 2.24) is 14.9 Å². The molecule has 1 aliphatic carbocycles. The average molecular weight is 265 g/mol. The highest BCUT2D eigenvalue weighted by molar-refractivity contribution is 5.89. The molecule has 1 amide bonds. The number of imidazole rings is 1. The van der Waals surface area contributed by atoms with Crippen LogP contribution < -0.4 is 11.1 Å². The number of hydrogen-bond acceptors (Lipinski definition) is 4. The molecule has 6 heteroatoms. The number of rotatable bonds is 6. The number of amides is 1. The van der Waals surface area contributed by atoms with E-state index in [1.54, 1.807) is 10.8 Å². The monoisotopic (exact) mass is 265 g/mol. The molecule has 1 aromatic rings. The molecule has 0 bridgehead atoms. The Kier molecular flexibility index (Phi) is 4.55. The van der Waals surface area contributed by atoms with E-state index in [0.29, 0.717) is 19.6 Å². The molecule has 0 unspecified atom stereocenters. The molecule has 2 rings (SSSR count). The third-order valence-electron chi connectivity index (χ3n) is 3.64. The van der Waals surface area contributed by atoms with Crippen LogP contribution in [0.15, 0.2) is 6.20 Å². The summed E-state index contributed by atoms with van der Waals surface area (Å²) >= 11 is 0. The zero-order valence-corrected chi connectivity index (χ0v) is 11.1. The zero-order valence-electron chi connectivity index (χ0n) is 11.1. The first-order chi connectivity index (χ1) is 9.11. The van der Waals surface area contributed by atoms with E-state index in [9.17, 15) is 9.90 Å². The number of primary amides is 1. The first-order valence-electron chi connectivity index (χ1n) is 6.77. The van der Waals surface area contributed by atoms with Crippen LogP contribution in [0.2, 0.25) is 0 Å². The van der Waals surface area contributed by atoms with Gasteiger partial charge in [-0.2, -0.15) is 0 Å². The molecular weight excluding hydrogens is 244 g/mol. The third-order valence-corrected chi connectivity index (χ3v) is 3.64. The Morgan fingerprint density at radius 3 is 2.95 bits per heavy atom. The van der Waals surface area contributed by atoms with Gasteiger partial charge in [0.25, 0.3) is 5.91 Å². The Hall–Kier alpha value is -1.40. The lowest BCUT2D eigenvalue weighted by Crippen LogP contribution is -2.43. The summed E-state index contributed by atoms with van der Waals surface area (Å²) in [6.07, 6.45) is 9.37. The molecule has 1 fully saturated rings. The van der Waals surface area contributed by atoms with Gasteiger partial charge >= 0.3 is 0 Å². The van der Waals surface area contributed by atoms with Crippen LogP contribution in [0.25, 0.3) is 0 Å². The van der Waals surface area contributed by atoms with Crippen molar-refractivity contribution in [2.45, 2.75) is 44.2 Å². The maximum absolute atomic E-state index is 11.1. The molecule has 0 aromatic carbocycles. The first-order valence-corrected chi connectivity index (χ1v) is 6.77. The third kappa shape index (κ3) is 3.78. The molecular formula is C13H21N4O2. The Bertz CT molecular complexity index is 424. The molecule has 0 aliphatic heterocycles. The van der Waals surface area contributed by atoms with Gasteiger partial charge in [-0.3, -0.25) is 4.79 Å². The molecule has 0 atom stereocenters. The average Bonchev–Trinajstić information content (AvgIpc) is 2.84. The molecule has 19 heavy (non-hydrogen) atoms. The first kappa shape index (κ1) is 14.0. The Morgan fingerprint density at radius 1 is 1.53 bits per heavy atom. The highest BCUT2D eigenvalue weighted by atomic mass is 16.3. The Balaban J connectivity index is 1.74. The lowest BCUT2D eigenvalue weighted by atomic mass is 9.85. The molecule has 1 aliphatic rings. The highest BCUT2D eigenvalue weighted by Crippen LogP contribution is 2.27. The molecule has 0 saturated heterocycles. The van der Waals surface area contributed by atoms with Gasteiger partial charge in [-0.1, -0.05) is 19.3 Å². The van der Waals surface area contributed by atoms with Crippen LogP contribution in [-0.2, 0) is 6.54 Å². The number of carbonyl (C=O) groups is 1. The molecule has 1 radical (unpaired) electrons. The molecule has 1 heterocycles. The fourth-order valence-electron chi connectivity index (χ4n) is 2.56. The van der Waals surface area contributed by atoms with Crippen molar-refractivity contribution in [2.24, 2.45) is 5.73 Å². The summed E-state index contributed by atoms with van der Waals surface area (Å²) in [5.41, 5.74) is 4.63. The van der Waals surface area contributed by atoms with E-state index >= 15 is 0 Å². The van der Waals surface area contributed by atoms with Crippen molar-refractivity contribution in [3.8, 4) is 0 Å². The van der Waals surface area contributed by atoms with Gasteiger partial charge in [0.2, 0.25) is 0 Å². The Morgan fingerprint density at radius 2 is 2.26 bits per heavy atom. The largest absolute Gasteiger partial charge is 0.389 e. The smallest absolute Gasteiger partial charge is 0.284 e. The zero-order chi connectivity index (χ0) is 13.7. The summed E-state index contributed by atoms with van der Waals surface area (Å²) in [5.74, 6) is -0.328. The second kappa shape index (κ2) is 6.16. The van der Waals surface area contributed by atoms with E-state index < -0.39 is 11.5 Å². The van der Waals surface area contributed by atoms with Crippen molar-refractivity contribution in [1.29, 1.82) is 0 Å². The van der Waals surface area contributed by atoms with Crippen LogP contribution in [0, 0.1) is 6.20 Å². The van der Waals surface area contributed by atoms with E-state index in [0.717, 1.165) is 25.7 Å². The molecule has 1 aromatic heterocycles. The summed E-state index contributed by atoms with van der Waals surface area (Å²) in [5, 5.41) is 13.5. The number of aromatic nitrogens is 2. The highest BCUT2D eigenvalue weighted by Gasteiger charge is 2.28. The summed E-state index contributed by atoms with van der Waals surface area (Å²) < 4.78 is 1.67. The predicted octanol–water partition coefficient (Wildman–Crippen LogP) is 0.0670. The lowest BCUT2D eigenvalue weighted by molar-refractivity contribution is 0.00493. The van der Waals surface area contributed by atoms with Gasteiger partial charge in [-0.05, 0) is 12.8 Å². The summed E-state index contributed by atoms with van der Waals surface area (Å²) in [6, 6.07) is 0. The standard InChI is InChI=1S/C13H21N4O2/c14-11(18)12-16-7-9-17(12)8-6-15-10-13(19)4-2-1-3-5-13/h9,15,19H,1-6,8,10H2,(H2,14,18). The number of hydrogen-bond donors (Lipinski definition) is 3. The van der Waals surface area contributed by atoms with Gasteiger partial charge < -0.3 is 20.7 Å². The molecule has 6 nitrogen and oxygen atoms in total. The van der Waals surface area contributed by atoms with Gasteiger partial charge in [-0.25, -0.2) is 4.98 Å². The normalized spacial score (nSPS) is 18.4. The fraction of sp³-hybridized carbons (Fsp3) is 0.692. The quantitative estimate of drug-likeness (QED) is 0.634. The number of nitrogens with zero attached hydrogens (tertiary/aromatic N) is 2. The van der Waals surface area contributed by atoms with Gasteiger partial charge in [0.1, 0.15) is 6.20 Å². The number of carbonyl (C=O) groups excluding carboxylic acids is 1. The van der Waals surface area contributed by atoms with Crippen molar-refractivity contribution >= 4 is 5.91 Å². The van der Waals surface area contributed by atoms with Crippen LogP contribution in [-0.4, -0.2) is 39.3 Å². The molecule has 4 N–H and O–H groups in total. The van der Waals surface area contributed by atoms with Crippen LogP contribution >= 0.6 is 0 Å². The van der Waals surface area contributed by atoms with Crippen LogP contribution in [0.4, 0.5) is 0 Å². The minimum Gasteiger partial charge on any atom is -0.389 e. The predicted molar refractivity (Wildman–Crippen MR) is 70.5 cm³/mol. The van der Waals surface area contributed by atoms with Crippen LogP contribution in [0.3, 0.4) is 0 Å². The SMILES string of the molecule is NC(=O)c1n[c]cn1CCNCC1(O)CCCCC1. The van der Waals surface area contributed by atoms with Crippen molar-refractivity contribution in [2.75, 3.05) is 13.1 Å². The minimum atomic E-state index is -0.564. The summed E-state index contributed by atoms with van der Waals surface area (Å²) in [4.78, 5) is 14.9. The van der Waals surface area contributed by atoms with E-state index in [4.69, 9.17) is 5.73 Å². The maximum Gasteiger partial charge on any atom is 0.284 e. The van der Waals surface area contributed by atoms with E-state index in [1.165, 1.54) is 6.42 Å². The second-order valence-corrected chi connectivity index (χ2v) is 5.21. The van der Waals surface area contributed by atoms with Crippen LogP contribution in [0.1, 0.15) is 42.7 Å². The van der Waals surface area contributed by atoms with Gasteiger partial charge in [0.05, 0.1) is 5.60 Å². The maximum atomic E-state index is 11.1. The van der Waals surface area contributed by atoms with Gasteiger partial charge in [-0.15, -0.1) is 0 Å². The summed E-state index contributed by atoms with van der Waals surface area (Å²) in [6.45, 7) is 1.84. The van der Waals surface area contributed by atoms with Crippen molar-refractivity contribution in [3.05, 3.63) is 18.2 Å². The van der Waals surface area contributed by atoms with E-state index in [2.05, 4.69) is 16.5 Å². The number of aliphatic hydroxyl groups is 1. The van der Waals surface area contributed by atoms with Crippen LogP contribution in [0.5, 0.6) is 0 Å². The van der Waals surface area contributed by atoms with Crippen molar-refractivity contribution < 1.29 is 9.90 Å².